The van der Waals surface area contributed by atoms with E-state index in [9.17, 15) is 10.2 Å². The van der Waals surface area contributed by atoms with Gasteiger partial charge in [-0.25, -0.2) is 0 Å². The van der Waals surface area contributed by atoms with Crippen molar-refractivity contribution in [2.75, 3.05) is 0 Å². The van der Waals surface area contributed by atoms with Crippen molar-refractivity contribution in [2.24, 2.45) is 9.98 Å². The molecule has 0 amide bonds. The summed E-state index contributed by atoms with van der Waals surface area (Å²) in [4.78, 5) is 10.1. The summed E-state index contributed by atoms with van der Waals surface area (Å²) in [5, 5.41) is 22.2. The molecular weight excluding hydrogens is 492 g/mol. The Morgan fingerprint density at radius 3 is 1.18 bits per heavy atom. The van der Waals surface area contributed by atoms with Crippen molar-refractivity contribution in [2.45, 2.75) is 64.5 Å². The Kier molecular flexibility index (Phi) is 8.58. The van der Waals surface area contributed by atoms with E-state index in [0.29, 0.717) is 11.1 Å². The largest absolute Gasteiger partial charge is 0.507 e. The molecule has 0 spiro atoms. The lowest BCUT2D eigenvalue weighted by Gasteiger charge is -2.23. The fraction of sp³-hybridized carbons (Fsp3) is 0.278. The topological polar surface area (TPSA) is 65.2 Å². The second-order valence-corrected chi connectivity index (χ2v) is 12.3. The van der Waals surface area contributed by atoms with Gasteiger partial charge in [0, 0.05) is 23.6 Å². The van der Waals surface area contributed by atoms with E-state index in [2.05, 4.69) is 65.8 Å². The summed E-state index contributed by atoms with van der Waals surface area (Å²) in [6.45, 7) is 12.5. The summed E-state index contributed by atoms with van der Waals surface area (Å²) < 4.78 is 0. The molecule has 0 aromatic heterocycles. The van der Waals surface area contributed by atoms with Crippen LogP contribution in [0.2, 0.25) is 0 Å². The first-order valence-electron chi connectivity index (χ1n) is 13.8. The third-order valence-corrected chi connectivity index (χ3v) is 7.08. The van der Waals surface area contributed by atoms with Crippen molar-refractivity contribution in [1.82, 2.24) is 0 Å². The van der Waals surface area contributed by atoms with Crippen molar-refractivity contribution in [3.8, 4) is 11.5 Å². The highest BCUT2D eigenvalue weighted by Gasteiger charge is 2.25. The molecule has 0 aliphatic heterocycles. The van der Waals surface area contributed by atoms with Crippen LogP contribution in [0.25, 0.3) is 0 Å². The van der Waals surface area contributed by atoms with E-state index in [4.69, 9.17) is 9.98 Å². The minimum atomic E-state index is -0.370. The average Bonchev–Trinajstić information content (AvgIpc) is 2.91. The van der Waals surface area contributed by atoms with Crippen molar-refractivity contribution in [3.05, 3.63) is 130 Å². The summed E-state index contributed by atoms with van der Waals surface area (Å²) in [7, 11) is 0. The predicted octanol–water partition coefficient (Wildman–Crippen LogP) is 8.71. The Labute approximate surface area is 238 Å². The third-order valence-electron chi connectivity index (χ3n) is 7.08. The normalized spacial score (nSPS) is 14.1. The molecule has 4 rings (SSSR count). The molecule has 0 unspecified atom stereocenters. The van der Waals surface area contributed by atoms with Crippen molar-refractivity contribution < 1.29 is 10.2 Å². The van der Waals surface area contributed by atoms with Gasteiger partial charge < -0.3 is 10.2 Å². The van der Waals surface area contributed by atoms with Gasteiger partial charge in [-0.2, -0.15) is 0 Å². The minimum absolute atomic E-state index is 0.201. The lowest BCUT2D eigenvalue weighted by atomic mass is 9.85. The number of hydrogen-bond acceptors (Lipinski definition) is 4. The highest BCUT2D eigenvalue weighted by atomic mass is 16.3. The van der Waals surface area contributed by atoms with Gasteiger partial charge in [0.05, 0.1) is 0 Å². The zero-order chi connectivity index (χ0) is 28.9. The Morgan fingerprint density at radius 1 is 0.500 bits per heavy atom. The highest BCUT2D eigenvalue weighted by Crippen LogP contribution is 2.38. The van der Waals surface area contributed by atoms with Crippen molar-refractivity contribution in [1.29, 1.82) is 0 Å². The number of benzene rings is 4. The maximum absolute atomic E-state index is 11.1. The second-order valence-electron chi connectivity index (χ2n) is 12.3. The first kappa shape index (κ1) is 28.8. The van der Waals surface area contributed by atoms with Gasteiger partial charge in [0.15, 0.2) is 0 Å². The van der Waals surface area contributed by atoms with E-state index < -0.39 is 0 Å². The minimum Gasteiger partial charge on any atom is -0.507 e. The van der Waals surface area contributed by atoms with Crippen LogP contribution in [0.4, 0.5) is 0 Å². The highest BCUT2D eigenvalue weighted by molar-refractivity contribution is 5.85. The van der Waals surface area contributed by atoms with E-state index in [1.807, 2.05) is 72.8 Å². The average molecular weight is 533 g/mol. The van der Waals surface area contributed by atoms with Crippen LogP contribution >= 0.6 is 0 Å². The first-order chi connectivity index (χ1) is 19.0. The molecule has 2 N–H and O–H groups in total. The number of rotatable bonds is 7. The van der Waals surface area contributed by atoms with Gasteiger partial charge in [0.25, 0.3) is 0 Å². The molecule has 0 bridgehead atoms. The quantitative estimate of drug-likeness (QED) is 0.234. The summed E-state index contributed by atoms with van der Waals surface area (Å²) in [6.07, 6.45) is 3.51. The summed E-state index contributed by atoms with van der Waals surface area (Å²) in [5.41, 5.74) is 4.69. The van der Waals surface area contributed by atoms with Crippen LogP contribution in [-0.4, -0.2) is 22.6 Å². The van der Waals surface area contributed by atoms with E-state index >= 15 is 0 Å². The van der Waals surface area contributed by atoms with Crippen LogP contribution in [0.3, 0.4) is 0 Å². The van der Waals surface area contributed by atoms with Crippen LogP contribution in [0.1, 0.15) is 87.0 Å². The number of hydrogen-bond donors (Lipinski definition) is 2. The fourth-order valence-corrected chi connectivity index (χ4v) is 4.86. The van der Waals surface area contributed by atoms with Crippen LogP contribution in [-0.2, 0) is 10.8 Å². The molecule has 4 nitrogen and oxygen atoms in total. The summed E-state index contributed by atoms with van der Waals surface area (Å²) in [5.74, 6) is 0.489. The number of aliphatic imine (C=N–C) groups is 2. The van der Waals surface area contributed by atoms with Gasteiger partial charge >= 0.3 is 0 Å². The molecule has 4 heteroatoms. The fourth-order valence-electron chi connectivity index (χ4n) is 4.86. The Balaban J connectivity index is 1.83. The summed E-state index contributed by atoms with van der Waals surface area (Å²) in [6, 6.07) is 31.0. The van der Waals surface area contributed by atoms with E-state index in [1.165, 1.54) is 0 Å². The van der Waals surface area contributed by atoms with E-state index in [1.54, 1.807) is 12.4 Å². The Hall–Kier alpha value is -4.18. The molecule has 4 aromatic carbocycles. The van der Waals surface area contributed by atoms with Crippen LogP contribution in [0, 0.1) is 0 Å². The molecule has 2 atom stereocenters. The number of para-hydroxylation sites is 2. The summed E-state index contributed by atoms with van der Waals surface area (Å²) >= 11 is 0. The SMILES string of the molecule is CC(C)(C)c1cccc(C=N[C@H](c2ccccc2)[C@@H](N=Cc2cccc(C(C)(C)C)c2O)c2ccccc2)c1O. The van der Waals surface area contributed by atoms with Gasteiger partial charge in [0.2, 0.25) is 0 Å². The standard InChI is InChI=1S/C36H40N2O2/c1-35(2,3)29-21-13-19-27(33(29)39)23-37-31(25-15-9-7-10-16-25)32(26-17-11-8-12-18-26)38-24-28-20-14-22-30(34(28)40)36(4,5)6/h7-24,31-32,39-40H,1-6H3/t31-,32+. The molecular formula is C36H40N2O2. The smallest absolute Gasteiger partial charge is 0.128 e. The van der Waals surface area contributed by atoms with E-state index in [-0.39, 0.29) is 34.4 Å². The molecule has 0 heterocycles. The molecule has 0 aliphatic rings. The number of phenolic OH excluding ortho intramolecular Hbond substituents is 2. The molecule has 0 saturated heterocycles. The Bertz CT molecular complexity index is 1360. The molecule has 206 valence electrons. The van der Waals surface area contributed by atoms with Gasteiger partial charge in [-0.05, 0) is 45.2 Å². The maximum atomic E-state index is 11.1. The van der Waals surface area contributed by atoms with Crippen LogP contribution in [0.15, 0.2) is 107 Å². The maximum Gasteiger partial charge on any atom is 0.128 e. The molecule has 0 saturated carbocycles. The van der Waals surface area contributed by atoms with Gasteiger partial charge in [0.1, 0.15) is 23.6 Å². The number of aromatic hydroxyl groups is 2. The number of nitrogens with zero attached hydrogens (tertiary/aromatic N) is 2. The zero-order valence-corrected chi connectivity index (χ0v) is 24.3. The molecule has 0 aliphatic carbocycles. The van der Waals surface area contributed by atoms with Gasteiger partial charge in [-0.15, -0.1) is 0 Å². The predicted molar refractivity (Wildman–Crippen MR) is 167 cm³/mol. The Morgan fingerprint density at radius 2 is 0.850 bits per heavy atom. The van der Waals surface area contributed by atoms with Crippen molar-refractivity contribution >= 4 is 12.4 Å². The van der Waals surface area contributed by atoms with Crippen LogP contribution in [0.5, 0.6) is 11.5 Å². The lowest BCUT2D eigenvalue weighted by Crippen LogP contribution is -2.12. The third kappa shape index (κ3) is 6.69. The van der Waals surface area contributed by atoms with Crippen molar-refractivity contribution in [3.63, 3.8) is 0 Å². The second kappa shape index (κ2) is 11.9. The molecule has 0 fully saturated rings. The molecule has 0 radical (unpaired) electrons. The zero-order valence-electron chi connectivity index (χ0n) is 24.3. The van der Waals surface area contributed by atoms with Crippen LogP contribution < -0.4 is 0 Å². The van der Waals surface area contributed by atoms with Gasteiger partial charge in [-0.3, -0.25) is 9.98 Å². The number of phenols is 2. The molecule has 4 aromatic rings. The van der Waals surface area contributed by atoms with E-state index in [0.717, 1.165) is 22.3 Å². The first-order valence-corrected chi connectivity index (χ1v) is 13.8. The monoisotopic (exact) mass is 532 g/mol. The lowest BCUT2D eigenvalue weighted by molar-refractivity contribution is 0.445. The van der Waals surface area contributed by atoms with Gasteiger partial charge in [-0.1, -0.05) is 126 Å². The molecule has 40 heavy (non-hydrogen) atoms.